The zero-order valence-corrected chi connectivity index (χ0v) is 13.4. The van der Waals surface area contributed by atoms with Crippen LogP contribution in [0.2, 0.25) is 0 Å². The van der Waals surface area contributed by atoms with E-state index in [1.807, 2.05) is 13.0 Å². The molecular weight excluding hydrogens is 290 g/mol. The molecule has 1 aromatic carbocycles. The molecule has 1 aliphatic heterocycles. The molecule has 6 heteroatoms. The van der Waals surface area contributed by atoms with Gasteiger partial charge in [0.25, 0.3) is 5.91 Å². The molecule has 0 unspecified atom stereocenters. The molecule has 0 radical (unpaired) electrons. The highest BCUT2D eigenvalue weighted by Crippen LogP contribution is 2.21. The Balaban J connectivity index is 0.00000220. The third kappa shape index (κ3) is 4.19. The van der Waals surface area contributed by atoms with Gasteiger partial charge in [-0.05, 0) is 43.6 Å². The summed E-state index contributed by atoms with van der Waals surface area (Å²) in [4.78, 5) is 25.5. The predicted octanol–water partition coefficient (Wildman–Crippen LogP) is 1.67. The fourth-order valence-corrected chi connectivity index (χ4v) is 2.20. The van der Waals surface area contributed by atoms with Gasteiger partial charge in [-0.2, -0.15) is 0 Å². The SMILES string of the molecule is Cc1c(NC(=O)CC2CNC2)cccc1C(=O)N(C)C.Cl. The molecule has 5 nitrogen and oxygen atoms in total. The number of carbonyl (C=O) groups excluding carboxylic acids is 2. The highest BCUT2D eigenvalue weighted by Gasteiger charge is 2.21. The lowest BCUT2D eigenvalue weighted by atomic mass is 9.98. The van der Waals surface area contributed by atoms with E-state index in [1.165, 1.54) is 4.90 Å². The zero-order valence-electron chi connectivity index (χ0n) is 12.6. The number of amides is 2. The van der Waals surface area contributed by atoms with Crippen molar-refractivity contribution in [3.8, 4) is 0 Å². The number of hydrogen-bond acceptors (Lipinski definition) is 3. The molecule has 116 valence electrons. The lowest BCUT2D eigenvalue weighted by Crippen LogP contribution is -2.43. The number of halogens is 1. The van der Waals surface area contributed by atoms with Crippen LogP contribution in [0.4, 0.5) is 5.69 Å². The van der Waals surface area contributed by atoms with Crippen LogP contribution in [0.3, 0.4) is 0 Å². The molecule has 2 amide bonds. The number of carbonyl (C=O) groups is 2. The highest BCUT2D eigenvalue weighted by molar-refractivity contribution is 5.99. The summed E-state index contributed by atoms with van der Waals surface area (Å²) in [7, 11) is 3.44. The van der Waals surface area contributed by atoms with E-state index in [9.17, 15) is 9.59 Å². The van der Waals surface area contributed by atoms with Gasteiger partial charge in [0, 0.05) is 31.8 Å². The average molecular weight is 312 g/mol. The second-order valence-corrected chi connectivity index (χ2v) is 5.45. The minimum atomic E-state index is -0.0539. The first-order valence-corrected chi connectivity index (χ1v) is 6.81. The van der Waals surface area contributed by atoms with Crippen molar-refractivity contribution >= 4 is 29.9 Å². The van der Waals surface area contributed by atoms with Crippen LogP contribution in [0, 0.1) is 12.8 Å². The van der Waals surface area contributed by atoms with Crippen LogP contribution in [0.1, 0.15) is 22.3 Å². The summed E-state index contributed by atoms with van der Waals surface area (Å²) < 4.78 is 0. The summed E-state index contributed by atoms with van der Waals surface area (Å²) in [6.45, 7) is 3.67. The van der Waals surface area contributed by atoms with Gasteiger partial charge in [0.1, 0.15) is 0 Å². The highest BCUT2D eigenvalue weighted by atomic mass is 35.5. The standard InChI is InChI=1S/C15H21N3O2.ClH/c1-10-12(15(20)18(2)3)5-4-6-13(10)17-14(19)7-11-8-16-9-11;/h4-6,11,16H,7-9H2,1-3H3,(H,17,19);1H. The molecule has 0 spiro atoms. The third-order valence-corrected chi connectivity index (χ3v) is 3.58. The lowest BCUT2D eigenvalue weighted by molar-refractivity contribution is -0.117. The van der Waals surface area contributed by atoms with Gasteiger partial charge in [0.05, 0.1) is 0 Å². The Labute approximate surface area is 131 Å². The molecule has 1 heterocycles. The first-order valence-electron chi connectivity index (χ1n) is 6.81. The largest absolute Gasteiger partial charge is 0.345 e. The molecule has 2 N–H and O–H groups in total. The van der Waals surface area contributed by atoms with Crippen molar-refractivity contribution in [2.75, 3.05) is 32.5 Å². The van der Waals surface area contributed by atoms with Crippen LogP contribution < -0.4 is 10.6 Å². The maximum absolute atomic E-state index is 12.0. The number of rotatable bonds is 4. The van der Waals surface area contributed by atoms with Crippen molar-refractivity contribution < 1.29 is 9.59 Å². The molecule has 1 saturated heterocycles. The predicted molar refractivity (Wildman–Crippen MR) is 86.1 cm³/mol. The van der Waals surface area contributed by atoms with Gasteiger partial charge in [-0.1, -0.05) is 6.07 Å². The summed E-state index contributed by atoms with van der Waals surface area (Å²) in [6.07, 6.45) is 0.526. The first-order chi connectivity index (χ1) is 9.49. The molecule has 2 rings (SSSR count). The number of benzene rings is 1. The Morgan fingerprint density at radius 1 is 1.33 bits per heavy atom. The molecule has 21 heavy (non-hydrogen) atoms. The van der Waals surface area contributed by atoms with E-state index in [1.54, 1.807) is 26.2 Å². The van der Waals surface area contributed by atoms with Crippen LogP contribution in [0.5, 0.6) is 0 Å². The quantitative estimate of drug-likeness (QED) is 0.889. The second kappa shape index (κ2) is 7.43. The van der Waals surface area contributed by atoms with Crippen LogP contribution in [-0.4, -0.2) is 43.9 Å². The van der Waals surface area contributed by atoms with E-state index in [-0.39, 0.29) is 24.2 Å². The topological polar surface area (TPSA) is 61.4 Å². The Hall–Kier alpha value is -1.59. The maximum atomic E-state index is 12.0. The molecule has 0 bridgehead atoms. The molecular formula is C15H22ClN3O2. The van der Waals surface area contributed by atoms with E-state index < -0.39 is 0 Å². The summed E-state index contributed by atoms with van der Waals surface area (Å²) >= 11 is 0. The number of nitrogens with one attached hydrogen (secondary N) is 2. The molecule has 1 fully saturated rings. The van der Waals surface area contributed by atoms with Crippen molar-refractivity contribution in [2.24, 2.45) is 5.92 Å². The molecule has 0 atom stereocenters. The Morgan fingerprint density at radius 3 is 2.52 bits per heavy atom. The van der Waals surface area contributed by atoms with Crippen LogP contribution >= 0.6 is 12.4 Å². The fraction of sp³-hybridized carbons (Fsp3) is 0.467. The summed E-state index contributed by atoms with van der Waals surface area (Å²) in [6, 6.07) is 5.41. The zero-order chi connectivity index (χ0) is 14.7. The Bertz CT molecular complexity index is 528. The summed E-state index contributed by atoms with van der Waals surface area (Å²) in [5, 5.41) is 6.05. The van der Waals surface area contributed by atoms with Crippen LogP contribution in [0.15, 0.2) is 18.2 Å². The second-order valence-electron chi connectivity index (χ2n) is 5.45. The van der Waals surface area contributed by atoms with Gasteiger partial charge >= 0.3 is 0 Å². The van der Waals surface area contributed by atoms with Crippen molar-refractivity contribution in [3.63, 3.8) is 0 Å². The molecule has 0 aromatic heterocycles. The summed E-state index contributed by atoms with van der Waals surface area (Å²) in [5.74, 6) is 0.387. The van der Waals surface area contributed by atoms with E-state index in [0.717, 1.165) is 24.3 Å². The van der Waals surface area contributed by atoms with Crippen molar-refractivity contribution in [1.29, 1.82) is 0 Å². The van der Waals surface area contributed by atoms with E-state index >= 15 is 0 Å². The minimum Gasteiger partial charge on any atom is -0.345 e. The van der Waals surface area contributed by atoms with Crippen LogP contribution in [0.25, 0.3) is 0 Å². The molecule has 0 aliphatic carbocycles. The van der Waals surface area contributed by atoms with Crippen molar-refractivity contribution in [1.82, 2.24) is 10.2 Å². The maximum Gasteiger partial charge on any atom is 0.253 e. The van der Waals surface area contributed by atoms with E-state index in [0.29, 0.717) is 17.9 Å². The van der Waals surface area contributed by atoms with Crippen molar-refractivity contribution in [3.05, 3.63) is 29.3 Å². The Kier molecular flexibility index (Phi) is 6.18. The van der Waals surface area contributed by atoms with Gasteiger partial charge in [-0.3, -0.25) is 9.59 Å². The Morgan fingerprint density at radius 2 is 2.00 bits per heavy atom. The van der Waals surface area contributed by atoms with E-state index in [2.05, 4.69) is 10.6 Å². The normalized spacial score (nSPS) is 13.9. The van der Waals surface area contributed by atoms with E-state index in [4.69, 9.17) is 0 Å². The molecule has 1 aliphatic rings. The van der Waals surface area contributed by atoms with Gasteiger partial charge in [-0.15, -0.1) is 12.4 Å². The average Bonchev–Trinajstić information content (AvgIpc) is 2.35. The van der Waals surface area contributed by atoms with Crippen molar-refractivity contribution in [2.45, 2.75) is 13.3 Å². The molecule has 0 saturated carbocycles. The smallest absolute Gasteiger partial charge is 0.253 e. The number of hydrogen-bond donors (Lipinski definition) is 2. The fourth-order valence-electron chi connectivity index (χ4n) is 2.20. The number of nitrogens with zero attached hydrogens (tertiary/aromatic N) is 1. The minimum absolute atomic E-state index is 0. The molecule has 1 aromatic rings. The van der Waals surface area contributed by atoms with Gasteiger partial charge < -0.3 is 15.5 Å². The monoisotopic (exact) mass is 311 g/mol. The van der Waals surface area contributed by atoms with Gasteiger partial charge in [0.2, 0.25) is 5.91 Å². The summed E-state index contributed by atoms with van der Waals surface area (Å²) in [5.41, 5.74) is 2.15. The van der Waals surface area contributed by atoms with Crippen LogP contribution in [-0.2, 0) is 4.79 Å². The lowest BCUT2D eigenvalue weighted by Gasteiger charge is -2.26. The van der Waals surface area contributed by atoms with Gasteiger partial charge in [-0.25, -0.2) is 0 Å². The third-order valence-electron chi connectivity index (χ3n) is 3.58. The number of anilines is 1. The van der Waals surface area contributed by atoms with Gasteiger partial charge in [0.15, 0.2) is 0 Å². The first kappa shape index (κ1) is 17.5.